The molecule has 0 spiro atoms. The number of carbonyl (C=O) groups excluding carboxylic acids is 1. The van der Waals surface area contributed by atoms with Crippen LogP contribution in [0.4, 0.5) is 0 Å². The molecule has 0 radical (unpaired) electrons. The summed E-state index contributed by atoms with van der Waals surface area (Å²) in [4.78, 5) is 11.6. The van der Waals surface area contributed by atoms with E-state index >= 15 is 0 Å². The summed E-state index contributed by atoms with van der Waals surface area (Å²) in [7, 11) is 0. The first-order chi connectivity index (χ1) is 7.25. The Morgan fingerprint density at radius 2 is 2.38 bits per heavy atom. The van der Waals surface area contributed by atoms with Gasteiger partial charge < -0.3 is 15.1 Å². The maximum Gasteiger partial charge on any atom is 0.237 e. The van der Waals surface area contributed by atoms with Crippen molar-refractivity contribution < 1.29 is 9.21 Å². The summed E-state index contributed by atoms with van der Waals surface area (Å²) < 4.78 is 5.12. The molecule has 0 aliphatic heterocycles. The molecule has 16 heavy (non-hydrogen) atoms. The van der Waals surface area contributed by atoms with Gasteiger partial charge in [0.05, 0.1) is 18.8 Å². The zero-order valence-corrected chi connectivity index (χ0v) is 10.0. The van der Waals surface area contributed by atoms with Gasteiger partial charge in [-0.2, -0.15) is 0 Å². The van der Waals surface area contributed by atoms with Crippen molar-refractivity contribution in [1.82, 2.24) is 10.6 Å². The minimum absolute atomic E-state index is 0. The molecule has 1 heterocycles. The second-order valence-electron chi connectivity index (χ2n) is 3.96. The van der Waals surface area contributed by atoms with E-state index in [1.54, 1.807) is 6.26 Å². The smallest absolute Gasteiger partial charge is 0.237 e. The van der Waals surface area contributed by atoms with Crippen LogP contribution in [0.25, 0.3) is 0 Å². The molecule has 0 bridgehead atoms. The van der Waals surface area contributed by atoms with Crippen LogP contribution in [0.3, 0.4) is 0 Å². The SMILES string of the molecule is CC(NC1CC1)C(=O)NCc1ccco1.Cl. The molecule has 5 heteroatoms. The number of furan rings is 1. The van der Waals surface area contributed by atoms with Crippen LogP contribution in [0, 0.1) is 0 Å². The number of hydrogen-bond acceptors (Lipinski definition) is 3. The molecule has 1 aromatic rings. The van der Waals surface area contributed by atoms with Crippen LogP contribution < -0.4 is 10.6 Å². The van der Waals surface area contributed by atoms with Crippen LogP contribution >= 0.6 is 12.4 Å². The largest absolute Gasteiger partial charge is 0.467 e. The van der Waals surface area contributed by atoms with Crippen LogP contribution in [0.1, 0.15) is 25.5 Å². The lowest BCUT2D eigenvalue weighted by Gasteiger charge is -2.12. The second-order valence-corrected chi connectivity index (χ2v) is 3.96. The Hall–Kier alpha value is -1.00. The predicted molar refractivity (Wildman–Crippen MR) is 63.4 cm³/mol. The van der Waals surface area contributed by atoms with Crippen molar-refractivity contribution in [2.45, 2.75) is 38.4 Å². The number of nitrogens with one attached hydrogen (secondary N) is 2. The van der Waals surface area contributed by atoms with E-state index in [1.807, 2.05) is 19.1 Å². The molecule has 4 nitrogen and oxygen atoms in total. The molecule has 1 unspecified atom stereocenters. The number of carbonyl (C=O) groups is 1. The van der Waals surface area contributed by atoms with Gasteiger partial charge in [0.25, 0.3) is 0 Å². The molecule has 0 aromatic carbocycles. The number of rotatable bonds is 5. The van der Waals surface area contributed by atoms with E-state index in [1.165, 1.54) is 12.8 Å². The van der Waals surface area contributed by atoms with Gasteiger partial charge in [-0.3, -0.25) is 4.79 Å². The van der Waals surface area contributed by atoms with Crippen molar-refractivity contribution in [2.24, 2.45) is 0 Å². The Morgan fingerprint density at radius 3 is 2.94 bits per heavy atom. The minimum atomic E-state index is -0.118. The van der Waals surface area contributed by atoms with Crippen molar-refractivity contribution in [3.05, 3.63) is 24.2 Å². The van der Waals surface area contributed by atoms with Crippen molar-refractivity contribution in [2.75, 3.05) is 0 Å². The molecular weight excluding hydrogens is 228 g/mol. The molecule has 2 rings (SSSR count). The third kappa shape index (κ3) is 3.87. The fraction of sp³-hybridized carbons (Fsp3) is 0.545. The first-order valence-electron chi connectivity index (χ1n) is 5.32. The Morgan fingerprint density at radius 1 is 1.62 bits per heavy atom. The molecule has 1 amide bonds. The summed E-state index contributed by atoms with van der Waals surface area (Å²) in [6, 6.07) is 4.09. The summed E-state index contributed by atoms with van der Waals surface area (Å²) in [5, 5.41) is 6.06. The maximum atomic E-state index is 11.6. The van der Waals surface area contributed by atoms with E-state index < -0.39 is 0 Å². The van der Waals surface area contributed by atoms with E-state index in [0.29, 0.717) is 12.6 Å². The van der Waals surface area contributed by atoms with Crippen molar-refractivity contribution in [3.8, 4) is 0 Å². The van der Waals surface area contributed by atoms with E-state index in [0.717, 1.165) is 5.76 Å². The molecule has 1 fully saturated rings. The van der Waals surface area contributed by atoms with Crippen molar-refractivity contribution in [1.29, 1.82) is 0 Å². The zero-order valence-electron chi connectivity index (χ0n) is 9.23. The summed E-state index contributed by atoms with van der Waals surface area (Å²) in [5.74, 6) is 0.806. The standard InChI is InChI=1S/C11H16N2O2.ClH/c1-8(13-9-4-5-9)11(14)12-7-10-3-2-6-15-10;/h2-3,6,8-9,13H,4-5,7H2,1H3,(H,12,14);1H. The number of hydrogen-bond donors (Lipinski definition) is 2. The lowest BCUT2D eigenvalue weighted by atomic mass is 10.3. The highest BCUT2D eigenvalue weighted by Gasteiger charge is 2.25. The maximum absolute atomic E-state index is 11.6. The number of halogens is 1. The molecule has 1 aromatic heterocycles. The van der Waals surface area contributed by atoms with Crippen LogP contribution in [-0.2, 0) is 11.3 Å². The summed E-state index contributed by atoms with van der Waals surface area (Å²) >= 11 is 0. The Kier molecular flexibility index (Phi) is 4.83. The quantitative estimate of drug-likeness (QED) is 0.825. The van der Waals surface area contributed by atoms with Gasteiger partial charge in [0.15, 0.2) is 0 Å². The van der Waals surface area contributed by atoms with Crippen molar-refractivity contribution >= 4 is 18.3 Å². The van der Waals surface area contributed by atoms with Gasteiger partial charge >= 0.3 is 0 Å². The van der Waals surface area contributed by atoms with Crippen LogP contribution in [-0.4, -0.2) is 18.0 Å². The summed E-state index contributed by atoms with van der Waals surface area (Å²) in [6.45, 7) is 2.35. The van der Waals surface area contributed by atoms with E-state index in [-0.39, 0.29) is 24.4 Å². The highest BCUT2D eigenvalue weighted by Crippen LogP contribution is 2.19. The molecule has 90 valence electrons. The van der Waals surface area contributed by atoms with Crippen LogP contribution in [0.5, 0.6) is 0 Å². The van der Waals surface area contributed by atoms with Gasteiger partial charge in [0, 0.05) is 6.04 Å². The van der Waals surface area contributed by atoms with E-state index in [2.05, 4.69) is 10.6 Å². The van der Waals surface area contributed by atoms with Gasteiger partial charge in [-0.1, -0.05) is 0 Å². The Bertz CT molecular complexity index is 323. The lowest BCUT2D eigenvalue weighted by molar-refractivity contribution is -0.123. The molecule has 1 aliphatic carbocycles. The van der Waals surface area contributed by atoms with E-state index in [9.17, 15) is 4.79 Å². The fourth-order valence-corrected chi connectivity index (χ4v) is 1.42. The molecule has 1 atom stereocenters. The third-order valence-corrected chi connectivity index (χ3v) is 2.47. The molecule has 2 N–H and O–H groups in total. The fourth-order valence-electron chi connectivity index (χ4n) is 1.42. The average molecular weight is 245 g/mol. The molecule has 1 aliphatic rings. The van der Waals surface area contributed by atoms with Crippen LogP contribution in [0.15, 0.2) is 22.8 Å². The van der Waals surface area contributed by atoms with Gasteiger partial charge in [0.2, 0.25) is 5.91 Å². The summed E-state index contributed by atoms with van der Waals surface area (Å²) in [6.07, 6.45) is 3.99. The van der Waals surface area contributed by atoms with Gasteiger partial charge in [-0.25, -0.2) is 0 Å². The highest BCUT2D eigenvalue weighted by molar-refractivity contribution is 5.85. The van der Waals surface area contributed by atoms with Crippen LogP contribution in [0.2, 0.25) is 0 Å². The first-order valence-corrected chi connectivity index (χ1v) is 5.32. The summed E-state index contributed by atoms with van der Waals surface area (Å²) in [5.41, 5.74) is 0. The highest BCUT2D eigenvalue weighted by atomic mass is 35.5. The first kappa shape index (κ1) is 13.1. The Labute approximate surface area is 101 Å². The predicted octanol–water partition coefficient (Wildman–Crippen LogP) is 1.46. The van der Waals surface area contributed by atoms with Gasteiger partial charge in [0.1, 0.15) is 5.76 Å². The minimum Gasteiger partial charge on any atom is -0.467 e. The normalized spacial score (nSPS) is 16.3. The van der Waals surface area contributed by atoms with Gasteiger partial charge in [-0.15, -0.1) is 12.4 Å². The van der Waals surface area contributed by atoms with E-state index in [4.69, 9.17) is 4.42 Å². The zero-order chi connectivity index (χ0) is 10.7. The monoisotopic (exact) mass is 244 g/mol. The molecule has 0 saturated heterocycles. The molecular formula is C11H17ClN2O2. The lowest BCUT2D eigenvalue weighted by Crippen LogP contribution is -2.42. The third-order valence-electron chi connectivity index (χ3n) is 2.47. The second kappa shape index (κ2) is 5.92. The molecule has 1 saturated carbocycles. The Balaban J connectivity index is 0.00000128. The van der Waals surface area contributed by atoms with Crippen molar-refractivity contribution in [3.63, 3.8) is 0 Å². The number of amides is 1. The average Bonchev–Trinajstić information content (AvgIpc) is 2.88. The van der Waals surface area contributed by atoms with Gasteiger partial charge in [-0.05, 0) is 31.9 Å². The topological polar surface area (TPSA) is 54.3 Å².